The summed E-state index contributed by atoms with van der Waals surface area (Å²) >= 11 is 0. The molecule has 148 valence electrons. The average Bonchev–Trinajstić information content (AvgIpc) is 2.71. The molecule has 28 heavy (non-hydrogen) atoms. The van der Waals surface area contributed by atoms with Crippen molar-refractivity contribution in [3.8, 4) is 0 Å². The SMILES string of the molecule is CCOC(=O)C=CC=CC(CC(C)N(C)C)(c1ccccc1)c1ccccc1. The van der Waals surface area contributed by atoms with E-state index in [4.69, 9.17) is 4.74 Å². The third-order valence-electron chi connectivity index (χ3n) is 5.09. The van der Waals surface area contributed by atoms with Crippen molar-refractivity contribution in [3.05, 3.63) is 96.1 Å². The Balaban J connectivity index is 2.52. The molecule has 0 fully saturated rings. The minimum absolute atomic E-state index is 0.300. The molecule has 2 aromatic rings. The van der Waals surface area contributed by atoms with Gasteiger partial charge in [-0.15, -0.1) is 0 Å². The summed E-state index contributed by atoms with van der Waals surface area (Å²) in [6.07, 6.45) is 8.31. The van der Waals surface area contributed by atoms with Crippen molar-refractivity contribution in [2.45, 2.75) is 31.7 Å². The maximum atomic E-state index is 11.6. The maximum Gasteiger partial charge on any atom is 0.330 e. The van der Waals surface area contributed by atoms with Crippen LogP contribution in [0.4, 0.5) is 0 Å². The van der Waals surface area contributed by atoms with Crippen LogP contribution >= 0.6 is 0 Å². The zero-order chi connectivity index (χ0) is 20.4. The summed E-state index contributed by atoms with van der Waals surface area (Å²) in [4.78, 5) is 13.9. The lowest BCUT2D eigenvalue weighted by Crippen LogP contribution is -2.36. The van der Waals surface area contributed by atoms with Gasteiger partial charge in [0, 0.05) is 17.5 Å². The first-order valence-electron chi connectivity index (χ1n) is 9.79. The molecule has 0 aromatic heterocycles. The first-order chi connectivity index (χ1) is 13.5. The van der Waals surface area contributed by atoms with E-state index in [0.717, 1.165) is 6.42 Å². The van der Waals surface area contributed by atoms with Gasteiger partial charge >= 0.3 is 5.97 Å². The quantitative estimate of drug-likeness (QED) is 0.350. The number of carbonyl (C=O) groups is 1. The molecule has 3 nitrogen and oxygen atoms in total. The van der Waals surface area contributed by atoms with Gasteiger partial charge in [0.15, 0.2) is 0 Å². The molecule has 2 aromatic carbocycles. The average molecular weight is 378 g/mol. The molecule has 0 N–H and O–H groups in total. The zero-order valence-electron chi connectivity index (χ0n) is 17.3. The maximum absolute atomic E-state index is 11.6. The van der Waals surface area contributed by atoms with Crippen molar-refractivity contribution in [2.24, 2.45) is 0 Å². The van der Waals surface area contributed by atoms with Crippen molar-refractivity contribution in [2.75, 3.05) is 20.7 Å². The van der Waals surface area contributed by atoms with Crippen LogP contribution in [0.5, 0.6) is 0 Å². The second-order valence-electron chi connectivity index (χ2n) is 7.19. The molecule has 0 spiro atoms. The van der Waals surface area contributed by atoms with Crippen molar-refractivity contribution in [1.82, 2.24) is 4.90 Å². The normalized spacial score (nSPS) is 13.3. The molecule has 0 aliphatic carbocycles. The highest BCUT2D eigenvalue weighted by molar-refractivity contribution is 5.82. The van der Waals surface area contributed by atoms with Crippen molar-refractivity contribution < 1.29 is 9.53 Å². The minimum atomic E-state index is -0.321. The predicted octanol–water partition coefficient (Wildman–Crippen LogP) is 4.99. The first kappa shape index (κ1) is 21.6. The molecule has 3 heteroatoms. The number of rotatable bonds is 9. The van der Waals surface area contributed by atoms with Gasteiger partial charge < -0.3 is 9.64 Å². The first-order valence-corrected chi connectivity index (χ1v) is 9.79. The number of allylic oxidation sites excluding steroid dienone is 3. The molecule has 0 bridgehead atoms. The summed E-state index contributed by atoms with van der Waals surface area (Å²) in [7, 11) is 4.21. The fourth-order valence-electron chi connectivity index (χ4n) is 3.33. The number of hydrogen-bond donors (Lipinski definition) is 0. The van der Waals surface area contributed by atoms with Crippen LogP contribution in [0.2, 0.25) is 0 Å². The van der Waals surface area contributed by atoms with Gasteiger partial charge in [0.05, 0.1) is 6.61 Å². The molecule has 0 saturated heterocycles. The zero-order valence-corrected chi connectivity index (χ0v) is 17.3. The number of nitrogens with zero attached hydrogens (tertiary/aromatic N) is 1. The van der Waals surface area contributed by atoms with Crippen molar-refractivity contribution >= 4 is 5.97 Å². The minimum Gasteiger partial charge on any atom is -0.463 e. The van der Waals surface area contributed by atoms with E-state index in [2.05, 4.69) is 80.5 Å². The lowest BCUT2D eigenvalue weighted by Gasteiger charge is -2.36. The van der Waals surface area contributed by atoms with Crippen molar-refractivity contribution in [1.29, 1.82) is 0 Å². The van der Waals surface area contributed by atoms with E-state index in [0.29, 0.717) is 12.6 Å². The van der Waals surface area contributed by atoms with E-state index in [-0.39, 0.29) is 11.4 Å². The molecule has 0 aliphatic heterocycles. The Morgan fingerprint density at radius 1 is 1.00 bits per heavy atom. The standard InChI is InChI=1S/C25H31NO2/c1-5-28-24(27)18-12-13-19-25(20-21(2)26(3)4,22-14-8-6-9-15-22)23-16-10-7-11-17-23/h6-19,21H,5,20H2,1-4H3. The van der Waals surface area contributed by atoms with E-state index in [9.17, 15) is 4.79 Å². The molecule has 0 amide bonds. The van der Waals surface area contributed by atoms with Gasteiger partial charge in [-0.1, -0.05) is 78.9 Å². The highest BCUT2D eigenvalue weighted by Gasteiger charge is 2.33. The van der Waals surface area contributed by atoms with Crippen LogP contribution in [0.15, 0.2) is 85.0 Å². The number of hydrogen-bond acceptors (Lipinski definition) is 3. The van der Waals surface area contributed by atoms with Gasteiger partial charge in [0.25, 0.3) is 0 Å². The van der Waals surface area contributed by atoms with Crippen LogP contribution in [0, 0.1) is 0 Å². The van der Waals surface area contributed by atoms with E-state index < -0.39 is 0 Å². The van der Waals surface area contributed by atoms with E-state index in [1.807, 2.05) is 18.2 Å². The fourth-order valence-corrected chi connectivity index (χ4v) is 3.33. The fraction of sp³-hybridized carbons (Fsp3) is 0.320. The molecule has 1 atom stereocenters. The predicted molar refractivity (Wildman–Crippen MR) is 116 cm³/mol. The van der Waals surface area contributed by atoms with Gasteiger partial charge in [-0.25, -0.2) is 4.79 Å². The molecule has 0 heterocycles. The lowest BCUT2D eigenvalue weighted by molar-refractivity contribution is -0.137. The van der Waals surface area contributed by atoms with Crippen LogP contribution in [0.3, 0.4) is 0 Å². The Bertz CT molecular complexity index is 739. The number of carbonyl (C=O) groups excluding carboxylic acids is 1. The molecular weight excluding hydrogens is 346 g/mol. The summed E-state index contributed by atoms with van der Waals surface area (Å²) in [6.45, 7) is 4.42. The molecule has 0 aliphatic rings. The summed E-state index contributed by atoms with van der Waals surface area (Å²) < 4.78 is 4.97. The Kier molecular flexibility index (Phi) is 8.21. The van der Waals surface area contributed by atoms with Gasteiger partial charge in [-0.3, -0.25) is 0 Å². The highest BCUT2D eigenvalue weighted by atomic mass is 16.5. The summed E-state index contributed by atoms with van der Waals surface area (Å²) in [5.74, 6) is -0.321. The Morgan fingerprint density at radius 2 is 1.54 bits per heavy atom. The second kappa shape index (κ2) is 10.6. The van der Waals surface area contributed by atoms with Crippen LogP contribution in [-0.4, -0.2) is 37.6 Å². The molecule has 0 saturated carbocycles. The van der Waals surface area contributed by atoms with Crippen molar-refractivity contribution in [3.63, 3.8) is 0 Å². The summed E-state index contributed by atoms with van der Waals surface area (Å²) in [5.41, 5.74) is 2.16. The Hall–Kier alpha value is -2.65. The Morgan fingerprint density at radius 3 is 2.00 bits per heavy atom. The number of ether oxygens (including phenoxy) is 1. The second-order valence-corrected chi connectivity index (χ2v) is 7.19. The molecule has 2 rings (SSSR count). The summed E-state index contributed by atoms with van der Waals surface area (Å²) in [6, 6.07) is 21.5. The van der Waals surface area contributed by atoms with Crippen LogP contribution < -0.4 is 0 Å². The van der Waals surface area contributed by atoms with E-state index in [1.165, 1.54) is 17.2 Å². The summed E-state index contributed by atoms with van der Waals surface area (Å²) in [5, 5.41) is 0. The third kappa shape index (κ3) is 5.67. The van der Waals surface area contributed by atoms with E-state index in [1.54, 1.807) is 13.0 Å². The van der Waals surface area contributed by atoms with E-state index >= 15 is 0 Å². The van der Waals surface area contributed by atoms with Crippen LogP contribution in [0.25, 0.3) is 0 Å². The highest BCUT2D eigenvalue weighted by Crippen LogP contribution is 2.39. The van der Waals surface area contributed by atoms with Gasteiger partial charge in [-0.2, -0.15) is 0 Å². The van der Waals surface area contributed by atoms with Crippen LogP contribution in [-0.2, 0) is 14.9 Å². The lowest BCUT2D eigenvalue weighted by atomic mass is 9.70. The smallest absolute Gasteiger partial charge is 0.330 e. The molecular formula is C25H31NO2. The van der Waals surface area contributed by atoms with Gasteiger partial charge in [-0.05, 0) is 45.5 Å². The van der Waals surface area contributed by atoms with Gasteiger partial charge in [0.1, 0.15) is 0 Å². The number of esters is 1. The third-order valence-corrected chi connectivity index (χ3v) is 5.09. The van der Waals surface area contributed by atoms with Gasteiger partial charge in [0.2, 0.25) is 0 Å². The monoisotopic (exact) mass is 377 g/mol. The topological polar surface area (TPSA) is 29.5 Å². The molecule has 0 radical (unpaired) electrons. The largest absolute Gasteiger partial charge is 0.463 e. The molecule has 1 unspecified atom stereocenters. The Labute approximate surface area is 169 Å². The van der Waals surface area contributed by atoms with Crippen LogP contribution in [0.1, 0.15) is 31.4 Å². The number of benzene rings is 2.